The Balaban J connectivity index is 1.89. The number of rotatable bonds is 5. The van der Waals surface area contributed by atoms with Gasteiger partial charge in [0.1, 0.15) is 12.3 Å². The Morgan fingerprint density at radius 1 is 1.31 bits per heavy atom. The van der Waals surface area contributed by atoms with Gasteiger partial charge in [0.05, 0.1) is 15.4 Å². The topological polar surface area (TPSA) is 79.0 Å². The smallest absolute Gasteiger partial charge is 0.349 e. The summed E-state index contributed by atoms with van der Waals surface area (Å²) < 4.78 is 39.5. The number of nitro groups is 1. The first-order valence-corrected chi connectivity index (χ1v) is 10.1. The van der Waals surface area contributed by atoms with E-state index in [1.54, 1.807) is 0 Å². The van der Waals surface area contributed by atoms with Crippen LogP contribution in [0.1, 0.15) is 36.9 Å². The number of halogens is 3. The molecule has 2 heterocycles. The number of hydrogen-bond donors (Lipinski definition) is 0. The summed E-state index contributed by atoms with van der Waals surface area (Å²) in [5.41, 5.74) is -1.88. The molecule has 0 radical (unpaired) electrons. The molecule has 2 aliphatic heterocycles. The van der Waals surface area contributed by atoms with Gasteiger partial charge < -0.3 is 9.69 Å². The van der Waals surface area contributed by atoms with E-state index in [1.165, 1.54) is 0 Å². The van der Waals surface area contributed by atoms with Crippen molar-refractivity contribution in [1.29, 1.82) is 0 Å². The molecule has 7 nitrogen and oxygen atoms in total. The predicted molar refractivity (Wildman–Crippen MR) is 103 cm³/mol. The van der Waals surface area contributed by atoms with Gasteiger partial charge in [-0.25, -0.2) is 4.99 Å². The number of thioether (sulfide) groups is 1. The highest BCUT2D eigenvalue weighted by Gasteiger charge is 2.38. The number of fused-ring (bicyclic) bond motifs is 1. The van der Waals surface area contributed by atoms with Crippen molar-refractivity contribution in [2.75, 3.05) is 32.7 Å². The van der Waals surface area contributed by atoms with Crippen LogP contribution in [0.25, 0.3) is 0 Å². The highest BCUT2D eigenvalue weighted by Crippen LogP contribution is 2.45. The van der Waals surface area contributed by atoms with Crippen LogP contribution in [-0.2, 0) is 11.0 Å². The van der Waals surface area contributed by atoms with Crippen molar-refractivity contribution in [3.8, 4) is 0 Å². The van der Waals surface area contributed by atoms with Gasteiger partial charge in [-0.1, -0.05) is 13.3 Å². The number of alkyl halides is 3. The zero-order valence-corrected chi connectivity index (χ0v) is 16.6. The number of benzene rings is 1. The van der Waals surface area contributed by atoms with Crippen LogP contribution >= 0.6 is 11.8 Å². The van der Waals surface area contributed by atoms with Crippen LogP contribution in [0.3, 0.4) is 0 Å². The number of nitro benzene ring substituents is 1. The minimum absolute atomic E-state index is 0.0542. The molecule has 1 fully saturated rings. The molecule has 0 aliphatic carbocycles. The van der Waals surface area contributed by atoms with Crippen LogP contribution < -0.4 is 0 Å². The van der Waals surface area contributed by atoms with Crippen molar-refractivity contribution in [1.82, 2.24) is 9.80 Å². The number of piperazine rings is 1. The van der Waals surface area contributed by atoms with Gasteiger partial charge in [-0.3, -0.25) is 15.0 Å². The predicted octanol–water partition coefficient (Wildman–Crippen LogP) is 3.73. The molecule has 1 unspecified atom stereocenters. The van der Waals surface area contributed by atoms with Crippen LogP contribution in [0.4, 0.5) is 18.9 Å². The van der Waals surface area contributed by atoms with Gasteiger partial charge in [-0.15, -0.1) is 0 Å². The van der Waals surface area contributed by atoms with Gasteiger partial charge in [0.2, 0.25) is 0 Å². The normalized spacial score (nSPS) is 20.2. The molecule has 1 aromatic rings. The monoisotopic (exact) mass is 430 g/mol. The molecule has 0 aromatic heterocycles. The first kappa shape index (κ1) is 21.6. The number of carbonyl (C=O) groups is 1. The maximum atomic E-state index is 13.2. The fourth-order valence-electron chi connectivity index (χ4n) is 3.37. The quantitative estimate of drug-likeness (QED) is 0.402. The Morgan fingerprint density at radius 2 is 2.00 bits per heavy atom. The Bertz CT molecular complexity index is 823. The summed E-state index contributed by atoms with van der Waals surface area (Å²) in [6.07, 6.45) is -2.12. The van der Waals surface area contributed by atoms with Crippen molar-refractivity contribution in [2.24, 2.45) is 4.99 Å². The molecule has 0 bridgehead atoms. The first-order chi connectivity index (χ1) is 13.7. The standard InChI is InChI=1S/C18H21F3N4O3S/c1-2-3-4-23-5-7-24(8-6-23)17-22-14(11-26)13-9-12(18(19,20)21)10-15(25(27)28)16(13)29-17/h9-11,14H,2-8H2,1H3. The third kappa shape index (κ3) is 4.72. The second-order valence-electron chi connectivity index (χ2n) is 6.95. The van der Waals surface area contributed by atoms with E-state index in [2.05, 4.69) is 16.8 Å². The molecule has 0 saturated carbocycles. The Kier molecular flexibility index (Phi) is 6.47. The van der Waals surface area contributed by atoms with Crippen LogP contribution in [-0.4, -0.2) is 58.9 Å². The van der Waals surface area contributed by atoms with E-state index in [1.807, 2.05) is 4.90 Å². The highest BCUT2D eigenvalue weighted by molar-refractivity contribution is 8.14. The number of hydrogen-bond acceptors (Lipinski definition) is 7. The lowest BCUT2D eigenvalue weighted by Crippen LogP contribution is -2.48. The molecular formula is C18H21F3N4O3S. The van der Waals surface area contributed by atoms with Gasteiger partial charge in [-0.05, 0) is 30.8 Å². The molecule has 1 aromatic carbocycles. The first-order valence-electron chi connectivity index (χ1n) is 9.32. The number of aliphatic imine (C=N–C) groups is 1. The Labute approximate surface area is 170 Å². The number of nitrogens with zero attached hydrogens (tertiary/aromatic N) is 4. The van der Waals surface area contributed by atoms with Crippen LogP contribution in [0.2, 0.25) is 0 Å². The van der Waals surface area contributed by atoms with E-state index in [4.69, 9.17) is 0 Å². The van der Waals surface area contributed by atoms with Crippen LogP contribution in [0.15, 0.2) is 22.0 Å². The molecule has 0 amide bonds. The molecule has 11 heteroatoms. The van der Waals surface area contributed by atoms with Crippen LogP contribution in [0, 0.1) is 10.1 Å². The summed E-state index contributed by atoms with van der Waals surface area (Å²) in [6.45, 7) is 6.00. The van der Waals surface area contributed by atoms with Crippen molar-refractivity contribution in [3.63, 3.8) is 0 Å². The van der Waals surface area contributed by atoms with E-state index in [0.29, 0.717) is 30.6 Å². The largest absolute Gasteiger partial charge is 0.416 e. The van der Waals surface area contributed by atoms with Gasteiger partial charge in [0, 0.05) is 37.8 Å². The Hall–Kier alpha value is -2.14. The van der Waals surface area contributed by atoms with Crippen LogP contribution in [0.5, 0.6) is 0 Å². The SMILES string of the molecule is CCCCN1CCN(C2=NC(C=O)c3cc(C(F)(F)F)cc([N+](=O)[O-])c3S2)CC1. The van der Waals surface area contributed by atoms with Crippen molar-refractivity contribution in [2.45, 2.75) is 36.9 Å². The minimum Gasteiger partial charge on any atom is -0.349 e. The fraction of sp³-hybridized carbons (Fsp3) is 0.556. The second kappa shape index (κ2) is 8.70. The average Bonchev–Trinajstić information content (AvgIpc) is 2.70. The summed E-state index contributed by atoms with van der Waals surface area (Å²) >= 11 is 0.966. The van der Waals surface area contributed by atoms with E-state index in [0.717, 1.165) is 50.3 Å². The molecule has 1 saturated heterocycles. The molecular weight excluding hydrogens is 409 g/mol. The minimum atomic E-state index is -4.75. The van der Waals surface area contributed by atoms with Crippen molar-refractivity contribution in [3.05, 3.63) is 33.4 Å². The molecule has 3 rings (SSSR count). The van der Waals surface area contributed by atoms with E-state index >= 15 is 0 Å². The zero-order valence-electron chi connectivity index (χ0n) is 15.8. The summed E-state index contributed by atoms with van der Waals surface area (Å²) in [7, 11) is 0. The summed E-state index contributed by atoms with van der Waals surface area (Å²) in [5.74, 6) is 0. The van der Waals surface area contributed by atoms with Gasteiger partial charge in [0.15, 0.2) is 5.17 Å². The third-order valence-electron chi connectivity index (χ3n) is 4.98. The Morgan fingerprint density at radius 3 is 2.55 bits per heavy atom. The lowest BCUT2D eigenvalue weighted by Gasteiger charge is -2.37. The average molecular weight is 430 g/mol. The number of amidine groups is 1. The molecule has 2 aliphatic rings. The maximum Gasteiger partial charge on any atom is 0.416 e. The van der Waals surface area contributed by atoms with E-state index in [9.17, 15) is 28.1 Å². The summed E-state index contributed by atoms with van der Waals surface area (Å²) in [6, 6.07) is 0.122. The molecule has 0 spiro atoms. The van der Waals surface area contributed by atoms with Crippen molar-refractivity contribution < 1.29 is 22.9 Å². The van der Waals surface area contributed by atoms with Crippen molar-refractivity contribution >= 4 is 28.9 Å². The fourth-order valence-corrected chi connectivity index (χ4v) is 4.56. The molecule has 0 N–H and O–H groups in total. The lowest BCUT2D eigenvalue weighted by atomic mass is 10.0. The van der Waals surface area contributed by atoms with E-state index < -0.39 is 28.4 Å². The number of aldehydes is 1. The zero-order chi connectivity index (χ0) is 21.2. The molecule has 29 heavy (non-hydrogen) atoms. The number of carbonyl (C=O) groups excluding carboxylic acids is 1. The maximum absolute atomic E-state index is 13.2. The lowest BCUT2D eigenvalue weighted by molar-refractivity contribution is -0.388. The number of unbranched alkanes of at least 4 members (excludes halogenated alkanes) is 1. The van der Waals surface area contributed by atoms with Gasteiger partial charge in [-0.2, -0.15) is 13.2 Å². The van der Waals surface area contributed by atoms with Gasteiger partial charge >= 0.3 is 6.18 Å². The molecule has 158 valence electrons. The van der Waals surface area contributed by atoms with E-state index in [-0.39, 0.29) is 10.5 Å². The van der Waals surface area contributed by atoms with Gasteiger partial charge in [0.25, 0.3) is 5.69 Å². The third-order valence-corrected chi connectivity index (χ3v) is 6.18. The highest BCUT2D eigenvalue weighted by atomic mass is 32.2. The summed E-state index contributed by atoms with van der Waals surface area (Å²) in [4.78, 5) is 30.8. The second-order valence-corrected chi connectivity index (χ2v) is 7.92. The summed E-state index contributed by atoms with van der Waals surface area (Å²) in [5, 5.41) is 11.9. The molecule has 1 atom stereocenters.